The van der Waals surface area contributed by atoms with Crippen LogP contribution in [-0.2, 0) is 4.79 Å². The largest absolute Gasteiger partial charge is 0.508 e. The molecule has 5 nitrogen and oxygen atoms in total. The topological polar surface area (TPSA) is 57.0 Å². The maximum atomic E-state index is 13.3. The minimum Gasteiger partial charge on any atom is -0.508 e. The fourth-order valence-corrected chi connectivity index (χ4v) is 4.07. The number of rotatable bonds is 5. The highest BCUT2D eigenvalue weighted by Gasteiger charge is 2.34. The van der Waals surface area contributed by atoms with Crippen LogP contribution in [0.15, 0.2) is 78.9 Å². The summed E-state index contributed by atoms with van der Waals surface area (Å²) in [4.78, 5) is 16.9. The summed E-state index contributed by atoms with van der Waals surface area (Å²) < 4.78 is 0. The zero-order valence-electron chi connectivity index (χ0n) is 17.2. The van der Waals surface area contributed by atoms with Crippen molar-refractivity contribution in [1.29, 1.82) is 0 Å². The smallest absolute Gasteiger partial charge is 0.287 e. The van der Waals surface area contributed by atoms with E-state index in [9.17, 15) is 9.90 Å². The van der Waals surface area contributed by atoms with E-state index in [1.165, 1.54) is 10.5 Å². The van der Waals surface area contributed by atoms with E-state index in [1.54, 1.807) is 12.1 Å². The molecule has 1 saturated heterocycles. The monoisotopic (exact) mass is 402 g/mol. The Kier molecular flexibility index (Phi) is 6.00. The Bertz CT molecular complexity index is 964. The van der Waals surface area contributed by atoms with Crippen molar-refractivity contribution in [1.82, 2.24) is 0 Å². The Labute approximate surface area is 177 Å². The maximum Gasteiger partial charge on any atom is 0.287 e. The third kappa shape index (κ3) is 4.63. The first kappa shape index (κ1) is 20.0. The zero-order valence-corrected chi connectivity index (χ0v) is 17.2. The van der Waals surface area contributed by atoms with Gasteiger partial charge < -0.3 is 20.2 Å². The highest BCUT2D eigenvalue weighted by molar-refractivity contribution is 5.94. The first-order valence-electron chi connectivity index (χ1n) is 10.4. The predicted octanol–water partition coefficient (Wildman–Crippen LogP) is 2.79. The Morgan fingerprint density at radius 3 is 2.20 bits per heavy atom. The molecular formula is C25H28N3O2+. The molecule has 4 rings (SSSR count). The highest BCUT2D eigenvalue weighted by Crippen LogP contribution is 2.19. The van der Waals surface area contributed by atoms with Gasteiger partial charge in [0.1, 0.15) is 5.75 Å². The molecule has 1 aliphatic rings. The minimum absolute atomic E-state index is 0.0261. The molecule has 0 spiro atoms. The summed E-state index contributed by atoms with van der Waals surface area (Å²) in [6, 6.07) is 25.0. The molecule has 0 bridgehead atoms. The maximum absolute atomic E-state index is 13.3. The van der Waals surface area contributed by atoms with Crippen LogP contribution >= 0.6 is 0 Å². The van der Waals surface area contributed by atoms with Crippen molar-refractivity contribution in [3.63, 3.8) is 0 Å². The van der Waals surface area contributed by atoms with E-state index in [4.69, 9.17) is 0 Å². The van der Waals surface area contributed by atoms with E-state index in [-0.39, 0.29) is 17.7 Å². The molecule has 0 unspecified atom stereocenters. The molecule has 0 saturated carbocycles. The molecular weight excluding hydrogens is 374 g/mol. The first-order valence-corrected chi connectivity index (χ1v) is 10.4. The van der Waals surface area contributed by atoms with E-state index in [0.29, 0.717) is 0 Å². The summed E-state index contributed by atoms with van der Waals surface area (Å²) in [5.41, 5.74) is 4.14. The average Bonchev–Trinajstić information content (AvgIpc) is 2.77. The van der Waals surface area contributed by atoms with Crippen LogP contribution in [0.3, 0.4) is 0 Å². The molecule has 3 aromatic rings. The van der Waals surface area contributed by atoms with Gasteiger partial charge in [-0.2, -0.15) is 0 Å². The lowest BCUT2D eigenvalue weighted by molar-refractivity contribution is -0.922. The first-order chi connectivity index (χ1) is 14.6. The van der Waals surface area contributed by atoms with Gasteiger partial charge in [-0.3, -0.25) is 4.79 Å². The van der Waals surface area contributed by atoms with Crippen LogP contribution in [0.4, 0.5) is 11.4 Å². The van der Waals surface area contributed by atoms with Crippen LogP contribution in [0, 0.1) is 6.92 Å². The Morgan fingerprint density at radius 2 is 1.57 bits per heavy atom. The lowest BCUT2D eigenvalue weighted by Gasteiger charge is -2.37. The Balaban J connectivity index is 1.50. The van der Waals surface area contributed by atoms with Crippen molar-refractivity contribution in [2.24, 2.45) is 0 Å². The molecule has 0 aliphatic carbocycles. The van der Waals surface area contributed by atoms with Gasteiger partial charge in [0, 0.05) is 16.9 Å². The van der Waals surface area contributed by atoms with Gasteiger partial charge in [0.2, 0.25) is 0 Å². The number of aromatic hydroxyl groups is 1. The molecule has 3 N–H and O–H groups in total. The molecule has 0 radical (unpaired) electrons. The van der Waals surface area contributed by atoms with Crippen molar-refractivity contribution in [2.45, 2.75) is 13.0 Å². The molecule has 1 fully saturated rings. The van der Waals surface area contributed by atoms with E-state index < -0.39 is 0 Å². The van der Waals surface area contributed by atoms with Gasteiger partial charge >= 0.3 is 0 Å². The van der Waals surface area contributed by atoms with E-state index in [2.05, 4.69) is 10.2 Å². The van der Waals surface area contributed by atoms with E-state index in [0.717, 1.165) is 43.1 Å². The molecule has 1 atom stereocenters. The van der Waals surface area contributed by atoms with Crippen LogP contribution in [0.2, 0.25) is 0 Å². The van der Waals surface area contributed by atoms with Gasteiger partial charge in [0.25, 0.3) is 5.91 Å². The third-order valence-electron chi connectivity index (χ3n) is 5.74. The van der Waals surface area contributed by atoms with Crippen molar-refractivity contribution in [3.05, 3.63) is 90.0 Å². The number of carbonyl (C=O) groups is 1. The Hall–Kier alpha value is -3.31. The summed E-state index contributed by atoms with van der Waals surface area (Å²) in [7, 11) is 0. The van der Waals surface area contributed by atoms with Gasteiger partial charge in [0.05, 0.1) is 26.2 Å². The second-order valence-corrected chi connectivity index (χ2v) is 7.86. The van der Waals surface area contributed by atoms with E-state index in [1.807, 2.05) is 73.7 Å². The molecule has 1 heterocycles. The van der Waals surface area contributed by atoms with Crippen LogP contribution in [-0.4, -0.2) is 37.2 Å². The van der Waals surface area contributed by atoms with E-state index >= 15 is 0 Å². The van der Waals surface area contributed by atoms with Crippen molar-refractivity contribution in [2.75, 3.05) is 36.4 Å². The second-order valence-electron chi connectivity index (χ2n) is 7.86. The van der Waals surface area contributed by atoms with Crippen molar-refractivity contribution in [3.8, 4) is 5.75 Å². The van der Waals surface area contributed by atoms with Gasteiger partial charge in [-0.1, -0.05) is 48.0 Å². The number of quaternary nitrogens is 1. The van der Waals surface area contributed by atoms with Gasteiger partial charge in [-0.15, -0.1) is 0 Å². The van der Waals surface area contributed by atoms with Crippen molar-refractivity contribution < 1.29 is 14.8 Å². The summed E-state index contributed by atoms with van der Waals surface area (Å²) in [5, 5.41) is 12.6. The highest BCUT2D eigenvalue weighted by atomic mass is 16.3. The number of hydrogen-bond donors (Lipinski definition) is 3. The number of benzene rings is 3. The molecule has 154 valence electrons. The number of phenolic OH excluding ortho intramolecular Hbond substituents is 1. The summed E-state index contributed by atoms with van der Waals surface area (Å²) in [6.07, 6.45) is 0. The summed E-state index contributed by atoms with van der Waals surface area (Å²) >= 11 is 0. The number of hydrogen-bond acceptors (Lipinski definition) is 3. The van der Waals surface area contributed by atoms with Crippen LogP contribution in [0.1, 0.15) is 17.2 Å². The number of piperazine rings is 1. The average molecular weight is 403 g/mol. The number of amides is 1. The number of anilines is 2. The number of nitrogens with zero attached hydrogens (tertiary/aromatic N) is 1. The van der Waals surface area contributed by atoms with Gasteiger partial charge in [0.15, 0.2) is 6.04 Å². The lowest BCUT2D eigenvalue weighted by Crippen LogP contribution is -3.16. The third-order valence-corrected chi connectivity index (χ3v) is 5.74. The summed E-state index contributed by atoms with van der Waals surface area (Å²) in [6.45, 7) is 5.49. The zero-order chi connectivity index (χ0) is 20.9. The predicted molar refractivity (Wildman–Crippen MR) is 120 cm³/mol. The van der Waals surface area contributed by atoms with Crippen LogP contribution < -0.4 is 15.1 Å². The lowest BCUT2D eigenvalue weighted by atomic mass is 10.0. The standard InChI is InChI=1S/C25H27N3O2/c1-19-7-9-21(10-8-19)26-25(30)24(20-5-3-2-4-6-20)28-17-15-27(16-18-28)22-11-13-23(29)14-12-22/h2-14,24,29H,15-18H2,1H3,(H,26,30)/p+1/t24-/m1/s1. The Morgan fingerprint density at radius 1 is 0.933 bits per heavy atom. The fourth-order valence-electron chi connectivity index (χ4n) is 4.07. The molecule has 1 aliphatic heterocycles. The number of aryl methyl sites for hydroxylation is 1. The number of carbonyl (C=O) groups excluding carboxylic acids is 1. The molecule has 3 aromatic carbocycles. The SMILES string of the molecule is Cc1ccc(NC(=O)[C@@H](c2ccccc2)[NH+]2CCN(c3ccc(O)cc3)CC2)cc1. The van der Waals surface area contributed by atoms with Crippen LogP contribution in [0.25, 0.3) is 0 Å². The van der Waals surface area contributed by atoms with Gasteiger partial charge in [-0.05, 0) is 43.3 Å². The summed E-state index contributed by atoms with van der Waals surface area (Å²) in [5.74, 6) is 0.304. The van der Waals surface area contributed by atoms with Crippen LogP contribution in [0.5, 0.6) is 5.75 Å². The molecule has 5 heteroatoms. The fraction of sp³-hybridized carbons (Fsp3) is 0.240. The number of nitrogens with one attached hydrogen (secondary N) is 2. The normalized spacial score (nSPS) is 15.6. The number of phenols is 1. The molecule has 30 heavy (non-hydrogen) atoms. The van der Waals surface area contributed by atoms with Gasteiger partial charge in [-0.25, -0.2) is 0 Å². The molecule has 1 amide bonds. The minimum atomic E-state index is -0.255. The second kappa shape index (κ2) is 9.01. The molecule has 0 aromatic heterocycles. The van der Waals surface area contributed by atoms with Crippen molar-refractivity contribution >= 4 is 17.3 Å². The quantitative estimate of drug-likeness (QED) is 0.615.